The monoisotopic (exact) mass is 246 g/mol. The van der Waals surface area contributed by atoms with Gasteiger partial charge in [-0.2, -0.15) is 0 Å². The van der Waals surface area contributed by atoms with Crippen molar-refractivity contribution in [3.05, 3.63) is 29.6 Å². The Morgan fingerprint density at radius 3 is 2.94 bits per heavy atom. The van der Waals surface area contributed by atoms with Gasteiger partial charge in [0.25, 0.3) is 0 Å². The quantitative estimate of drug-likeness (QED) is 0.872. The van der Waals surface area contributed by atoms with Crippen LogP contribution in [-0.2, 0) is 0 Å². The Hall–Kier alpha value is -0.890. The first-order valence-electron chi connectivity index (χ1n) is 7.36. The summed E-state index contributed by atoms with van der Waals surface area (Å²) in [7, 11) is 0. The molecule has 0 aromatic carbocycles. The first-order chi connectivity index (χ1) is 8.72. The number of aryl methyl sites for hydroxylation is 1. The average molecular weight is 246 g/mol. The summed E-state index contributed by atoms with van der Waals surface area (Å²) in [5.74, 6) is 1.67. The van der Waals surface area contributed by atoms with Gasteiger partial charge in [0.15, 0.2) is 0 Å². The first kappa shape index (κ1) is 13.5. The van der Waals surface area contributed by atoms with E-state index in [1.807, 2.05) is 12.4 Å². The highest BCUT2D eigenvalue weighted by Crippen LogP contribution is 2.37. The Labute approximate surface area is 111 Å². The highest BCUT2D eigenvalue weighted by molar-refractivity contribution is 5.26. The highest BCUT2D eigenvalue weighted by Gasteiger charge is 2.27. The zero-order valence-electron chi connectivity index (χ0n) is 11.9. The minimum absolute atomic E-state index is 0.515. The lowest BCUT2D eigenvalue weighted by Crippen LogP contribution is -2.31. The van der Waals surface area contributed by atoms with Crippen LogP contribution in [0.5, 0.6) is 0 Å². The molecule has 1 aliphatic rings. The molecule has 0 radical (unpaired) electrons. The minimum atomic E-state index is 0.515. The number of pyridine rings is 1. The lowest BCUT2D eigenvalue weighted by atomic mass is 9.76. The number of nitrogens with zero attached hydrogens (tertiary/aromatic N) is 1. The highest BCUT2D eigenvalue weighted by atomic mass is 14.9. The summed E-state index contributed by atoms with van der Waals surface area (Å²) in [4.78, 5) is 4.22. The van der Waals surface area contributed by atoms with E-state index in [2.05, 4.69) is 37.1 Å². The number of hydrogen-bond acceptors (Lipinski definition) is 2. The van der Waals surface area contributed by atoms with Gasteiger partial charge in [0.2, 0.25) is 0 Å². The zero-order valence-corrected chi connectivity index (χ0v) is 11.9. The molecule has 100 valence electrons. The molecule has 0 bridgehead atoms. The van der Waals surface area contributed by atoms with E-state index in [0.717, 1.165) is 18.4 Å². The molecule has 0 amide bonds. The average Bonchev–Trinajstić information content (AvgIpc) is 2.37. The van der Waals surface area contributed by atoms with Crippen LogP contribution >= 0.6 is 0 Å². The lowest BCUT2D eigenvalue weighted by Gasteiger charge is -2.34. The molecule has 18 heavy (non-hydrogen) atoms. The second kappa shape index (κ2) is 6.33. The maximum absolute atomic E-state index is 4.22. The Morgan fingerprint density at radius 2 is 2.28 bits per heavy atom. The van der Waals surface area contributed by atoms with E-state index in [9.17, 15) is 0 Å². The fraction of sp³-hybridized carbons (Fsp3) is 0.688. The number of rotatable bonds is 4. The molecule has 1 N–H and O–H groups in total. The lowest BCUT2D eigenvalue weighted by molar-refractivity contribution is 0.225. The Balaban J connectivity index is 2.19. The first-order valence-corrected chi connectivity index (χ1v) is 7.36. The topological polar surface area (TPSA) is 24.9 Å². The molecule has 0 spiro atoms. The largest absolute Gasteiger partial charge is 0.310 e. The molecule has 3 unspecified atom stereocenters. The van der Waals surface area contributed by atoms with Crippen molar-refractivity contribution < 1.29 is 0 Å². The maximum atomic E-state index is 4.22. The molecule has 2 heteroatoms. The van der Waals surface area contributed by atoms with Crippen molar-refractivity contribution in [2.75, 3.05) is 6.54 Å². The predicted octanol–water partition coefficient (Wildman–Crippen LogP) is 3.87. The van der Waals surface area contributed by atoms with Crippen molar-refractivity contribution in [1.29, 1.82) is 0 Å². The normalized spacial score (nSPS) is 25.9. The SMILES string of the molecule is CCNC(c1ccncc1C)C1CCCC(C)C1. The molecule has 0 saturated heterocycles. The number of hydrogen-bond donors (Lipinski definition) is 1. The van der Waals surface area contributed by atoms with Crippen LogP contribution in [0, 0.1) is 18.8 Å². The van der Waals surface area contributed by atoms with E-state index in [-0.39, 0.29) is 0 Å². The minimum Gasteiger partial charge on any atom is -0.310 e. The summed E-state index contributed by atoms with van der Waals surface area (Å²) < 4.78 is 0. The van der Waals surface area contributed by atoms with Gasteiger partial charge in [0, 0.05) is 18.4 Å². The van der Waals surface area contributed by atoms with Crippen LogP contribution in [0.3, 0.4) is 0 Å². The molecule has 2 rings (SSSR count). The smallest absolute Gasteiger partial charge is 0.0352 e. The third-order valence-corrected chi connectivity index (χ3v) is 4.27. The van der Waals surface area contributed by atoms with Gasteiger partial charge >= 0.3 is 0 Å². The van der Waals surface area contributed by atoms with Gasteiger partial charge in [-0.1, -0.05) is 26.7 Å². The summed E-state index contributed by atoms with van der Waals surface area (Å²) in [6.07, 6.45) is 9.44. The van der Waals surface area contributed by atoms with Crippen molar-refractivity contribution in [3.63, 3.8) is 0 Å². The van der Waals surface area contributed by atoms with E-state index in [4.69, 9.17) is 0 Å². The van der Waals surface area contributed by atoms with E-state index < -0.39 is 0 Å². The van der Waals surface area contributed by atoms with E-state index in [1.165, 1.54) is 36.8 Å². The summed E-state index contributed by atoms with van der Waals surface area (Å²) in [6, 6.07) is 2.71. The number of nitrogens with one attached hydrogen (secondary N) is 1. The third kappa shape index (κ3) is 3.11. The second-order valence-electron chi connectivity index (χ2n) is 5.80. The summed E-state index contributed by atoms with van der Waals surface area (Å²) >= 11 is 0. The summed E-state index contributed by atoms with van der Waals surface area (Å²) in [5, 5.41) is 3.70. The standard InChI is InChI=1S/C16H26N2/c1-4-18-16(14-7-5-6-12(2)10-14)15-8-9-17-11-13(15)3/h8-9,11-12,14,16,18H,4-7,10H2,1-3H3. The molecule has 1 heterocycles. The Bertz CT molecular complexity index is 375. The van der Waals surface area contributed by atoms with Crippen molar-refractivity contribution in [2.24, 2.45) is 11.8 Å². The van der Waals surface area contributed by atoms with Crippen molar-refractivity contribution in [3.8, 4) is 0 Å². The van der Waals surface area contributed by atoms with Crippen LogP contribution in [-0.4, -0.2) is 11.5 Å². The van der Waals surface area contributed by atoms with Crippen LogP contribution in [0.15, 0.2) is 18.5 Å². The van der Waals surface area contributed by atoms with Gasteiger partial charge in [-0.3, -0.25) is 4.98 Å². The van der Waals surface area contributed by atoms with Gasteiger partial charge in [-0.05, 0) is 55.3 Å². The van der Waals surface area contributed by atoms with Gasteiger partial charge in [-0.15, -0.1) is 0 Å². The molecule has 1 aromatic heterocycles. The molecule has 3 atom stereocenters. The van der Waals surface area contributed by atoms with Gasteiger partial charge in [-0.25, -0.2) is 0 Å². The van der Waals surface area contributed by atoms with Crippen LogP contribution in [0.2, 0.25) is 0 Å². The second-order valence-corrected chi connectivity index (χ2v) is 5.80. The van der Waals surface area contributed by atoms with Crippen LogP contribution in [0.1, 0.15) is 56.7 Å². The fourth-order valence-electron chi connectivity index (χ4n) is 3.37. The molecule has 1 aliphatic carbocycles. The van der Waals surface area contributed by atoms with Crippen molar-refractivity contribution in [2.45, 2.75) is 52.5 Å². The number of aromatic nitrogens is 1. The zero-order chi connectivity index (χ0) is 13.0. The molecule has 1 fully saturated rings. The molecular formula is C16H26N2. The van der Waals surface area contributed by atoms with Crippen LogP contribution in [0.25, 0.3) is 0 Å². The van der Waals surface area contributed by atoms with Crippen LogP contribution < -0.4 is 5.32 Å². The Kier molecular flexibility index (Phi) is 4.76. The Morgan fingerprint density at radius 1 is 1.44 bits per heavy atom. The summed E-state index contributed by atoms with van der Waals surface area (Å²) in [5.41, 5.74) is 2.77. The third-order valence-electron chi connectivity index (χ3n) is 4.27. The van der Waals surface area contributed by atoms with Crippen molar-refractivity contribution in [1.82, 2.24) is 10.3 Å². The van der Waals surface area contributed by atoms with Gasteiger partial charge < -0.3 is 5.32 Å². The molecular weight excluding hydrogens is 220 g/mol. The molecule has 1 aromatic rings. The maximum Gasteiger partial charge on any atom is 0.0352 e. The van der Waals surface area contributed by atoms with Crippen LogP contribution in [0.4, 0.5) is 0 Å². The van der Waals surface area contributed by atoms with E-state index in [1.54, 1.807) is 0 Å². The van der Waals surface area contributed by atoms with Gasteiger partial charge in [0.1, 0.15) is 0 Å². The molecule has 0 aliphatic heterocycles. The van der Waals surface area contributed by atoms with E-state index >= 15 is 0 Å². The van der Waals surface area contributed by atoms with E-state index in [0.29, 0.717) is 6.04 Å². The molecule has 2 nitrogen and oxygen atoms in total. The predicted molar refractivity (Wildman–Crippen MR) is 76.5 cm³/mol. The molecule has 1 saturated carbocycles. The van der Waals surface area contributed by atoms with Gasteiger partial charge in [0.05, 0.1) is 0 Å². The fourth-order valence-corrected chi connectivity index (χ4v) is 3.37. The van der Waals surface area contributed by atoms with Crippen molar-refractivity contribution >= 4 is 0 Å². The summed E-state index contributed by atoms with van der Waals surface area (Å²) in [6.45, 7) is 7.82.